The summed E-state index contributed by atoms with van der Waals surface area (Å²) in [5, 5.41) is 25.9. The minimum Gasteiger partial charge on any atom is -0.860 e. The maximum absolute atomic E-state index is 14.2. The van der Waals surface area contributed by atoms with Crippen LogP contribution in [-0.2, 0) is 19.6 Å². The number of nitrogens with one attached hydrogen (secondary N) is 3. The SMILES string of the molecule is CCCCn1c([O-])c(C(c2ccc(OC)c(C[NH+]3CCN(c4ccccc4OC)CC3)c2)c2c(O)n(CCCC)c(=S)[nH]c2=O)c(=O)[nH]c1=S. The maximum atomic E-state index is 14.2. The number of hydrogen-bond donors (Lipinski definition) is 4. The summed E-state index contributed by atoms with van der Waals surface area (Å²) in [6.45, 7) is 8.55. The smallest absolute Gasteiger partial charge is 0.259 e. The molecule has 1 saturated heterocycles. The summed E-state index contributed by atoms with van der Waals surface area (Å²) >= 11 is 10.8. The Morgan fingerprint density at radius 2 is 1.48 bits per heavy atom. The highest BCUT2D eigenvalue weighted by molar-refractivity contribution is 7.71. The Hall–Kier alpha value is -4.40. The van der Waals surface area contributed by atoms with Crippen LogP contribution in [0, 0.1) is 9.54 Å². The van der Waals surface area contributed by atoms with Gasteiger partial charge < -0.3 is 34.1 Å². The van der Waals surface area contributed by atoms with Crippen molar-refractivity contribution in [3.05, 3.63) is 95.0 Å². The zero-order chi connectivity index (χ0) is 35.9. The molecule has 4 N–H and O–H groups in total. The summed E-state index contributed by atoms with van der Waals surface area (Å²) in [4.78, 5) is 36.5. The topological polar surface area (TPSA) is 145 Å². The first-order valence-corrected chi connectivity index (χ1v) is 17.9. The Morgan fingerprint density at radius 1 is 0.880 bits per heavy atom. The highest BCUT2D eigenvalue weighted by atomic mass is 32.1. The number of H-pyrrole nitrogens is 2. The van der Waals surface area contributed by atoms with E-state index in [1.807, 2.05) is 38.1 Å². The molecule has 2 aromatic heterocycles. The summed E-state index contributed by atoms with van der Waals surface area (Å²) < 4.78 is 14.3. The number of aromatic hydroxyl groups is 1. The third-order valence-corrected chi connectivity index (χ3v) is 10.1. The number of para-hydroxylation sites is 2. The van der Waals surface area contributed by atoms with Crippen molar-refractivity contribution < 1.29 is 24.6 Å². The third-order valence-electron chi connectivity index (χ3n) is 9.42. The van der Waals surface area contributed by atoms with Crippen LogP contribution in [0.1, 0.15) is 67.7 Å². The second kappa shape index (κ2) is 16.5. The fourth-order valence-corrected chi connectivity index (χ4v) is 7.23. The summed E-state index contributed by atoms with van der Waals surface area (Å²) in [5.74, 6) is -0.742. The quantitative estimate of drug-likeness (QED) is 0.144. The van der Waals surface area contributed by atoms with Gasteiger partial charge in [-0.05, 0) is 73.0 Å². The van der Waals surface area contributed by atoms with Gasteiger partial charge in [0.25, 0.3) is 11.1 Å². The van der Waals surface area contributed by atoms with E-state index in [1.54, 1.807) is 26.4 Å². The number of anilines is 1. The minimum absolute atomic E-state index is 0.0132. The van der Waals surface area contributed by atoms with Gasteiger partial charge in [0.15, 0.2) is 9.54 Å². The summed E-state index contributed by atoms with van der Waals surface area (Å²) in [7, 11) is 3.27. The Bertz CT molecular complexity index is 1960. The van der Waals surface area contributed by atoms with E-state index in [1.165, 1.54) is 14.0 Å². The van der Waals surface area contributed by atoms with Crippen LogP contribution >= 0.6 is 24.4 Å². The molecule has 0 bridgehead atoms. The molecule has 1 aliphatic rings. The summed E-state index contributed by atoms with van der Waals surface area (Å²) in [6.07, 6.45) is 2.97. The molecule has 12 nitrogen and oxygen atoms in total. The lowest BCUT2D eigenvalue weighted by atomic mass is 9.85. The number of hydrogen-bond acceptors (Lipinski definition) is 9. The van der Waals surface area contributed by atoms with Gasteiger partial charge >= 0.3 is 0 Å². The number of methoxy groups -OCH3 is 2. The van der Waals surface area contributed by atoms with Gasteiger partial charge in [0.05, 0.1) is 57.6 Å². The normalized spacial score (nSPS) is 14.1. The highest BCUT2D eigenvalue weighted by Crippen LogP contribution is 2.38. The van der Waals surface area contributed by atoms with Crippen molar-refractivity contribution in [3.63, 3.8) is 0 Å². The average Bonchev–Trinajstić information content (AvgIpc) is 3.11. The second-order valence-corrected chi connectivity index (χ2v) is 13.3. The predicted octanol–water partition coefficient (Wildman–Crippen LogP) is 3.61. The van der Waals surface area contributed by atoms with E-state index in [9.17, 15) is 19.8 Å². The summed E-state index contributed by atoms with van der Waals surface area (Å²) in [6, 6.07) is 13.4. The fraction of sp³-hybridized carbons (Fsp3) is 0.444. The second-order valence-electron chi connectivity index (χ2n) is 12.6. The third kappa shape index (κ3) is 7.67. The van der Waals surface area contributed by atoms with Gasteiger partial charge in [0.2, 0.25) is 5.88 Å². The van der Waals surface area contributed by atoms with Crippen molar-refractivity contribution in [2.45, 2.75) is 65.1 Å². The van der Waals surface area contributed by atoms with Gasteiger partial charge in [-0.15, -0.1) is 0 Å². The molecular weight excluding hydrogens is 677 g/mol. The van der Waals surface area contributed by atoms with Crippen molar-refractivity contribution in [1.29, 1.82) is 0 Å². The van der Waals surface area contributed by atoms with E-state index < -0.39 is 22.9 Å². The van der Waals surface area contributed by atoms with Crippen LogP contribution in [0.25, 0.3) is 0 Å². The van der Waals surface area contributed by atoms with Gasteiger partial charge in [0, 0.05) is 24.2 Å². The van der Waals surface area contributed by atoms with Crippen LogP contribution in [0.4, 0.5) is 5.69 Å². The van der Waals surface area contributed by atoms with Crippen molar-refractivity contribution in [3.8, 4) is 23.3 Å². The largest absolute Gasteiger partial charge is 0.860 e. The Morgan fingerprint density at radius 3 is 2.12 bits per heavy atom. The molecule has 0 amide bonds. The van der Waals surface area contributed by atoms with E-state index in [4.69, 9.17) is 33.9 Å². The molecule has 1 atom stereocenters. The molecule has 1 unspecified atom stereocenters. The lowest BCUT2D eigenvalue weighted by molar-refractivity contribution is -0.914. The average molecular weight is 723 g/mol. The van der Waals surface area contributed by atoms with E-state index in [2.05, 4.69) is 20.9 Å². The van der Waals surface area contributed by atoms with Crippen LogP contribution in [-0.4, -0.2) is 64.6 Å². The Kier molecular flexibility index (Phi) is 12.2. The van der Waals surface area contributed by atoms with Gasteiger partial charge in [-0.3, -0.25) is 24.1 Å². The molecule has 4 aromatic rings. The van der Waals surface area contributed by atoms with Crippen LogP contribution in [0.15, 0.2) is 52.1 Å². The van der Waals surface area contributed by atoms with Crippen LogP contribution in [0.5, 0.6) is 23.3 Å². The number of aromatic nitrogens is 4. The molecule has 0 saturated carbocycles. The molecular formula is C36H46N6O6S2. The number of unbranched alkanes of at least 4 members (excludes halogenated alkanes) is 2. The number of quaternary nitrogens is 1. The number of piperazine rings is 1. The van der Waals surface area contributed by atoms with E-state index >= 15 is 0 Å². The molecule has 0 aliphatic carbocycles. The van der Waals surface area contributed by atoms with E-state index in [0.717, 1.165) is 56.0 Å². The van der Waals surface area contributed by atoms with E-state index in [-0.39, 0.29) is 26.5 Å². The molecule has 0 radical (unpaired) electrons. The first-order valence-electron chi connectivity index (χ1n) is 17.1. The van der Waals surface area contributed by atoms with Gasteiger partial charge in [-0.25, -0.2) is 0 Å². The van der Waals surface area contributed by atoms with Gasteiger partial charge in [-0.1, -0.05) is 44.9 Å². The zero-order valence-electron chi connectivity index (χ0n) is 29.0. The number of aromatic amines is 2. The minimum atomic E-state index is -1.23. The first-order chi connectivity index (χ1) is 24.1. The molecule has 3 heterocycles. The molecule has 268 valence electrons. The zero-order valence-corrected chi connectivity index (χ0v) is 30.7. The van der Waals surface area contributed by atoms with Crippen molar-refractivity contribution >= 4 is 30.1 Å². The lowest BCUT2D eigenvalue weighted by Gasteiger charge is -2.34. The van der Waals surface area contributed by atoms with Gasteiger partial charge in [-0.2, -0.15) is 0 Å². The van der Waals surface area contributed by atoms with Crippen molar-refractivity contribution in [1.82, 2.24) is 19.1 Å². The number of ether oxygens (including phenoxy) is 2. The molecule has 50 heavy (non-hydrogen) atoms. The van der Waals surface area contributed by atoms with Crippen LogP contribution in [0.2, 0.25) is 0 Å². The summed E-state index contributed by atoms with van der Waals surface area (Å²) in [5.41, 5.74) is 0.649. The number of nitrogens with zero attached hydrogens (tertiary/aromatic N) is 3. The fourth-order valence-electron chi connectivity index (χ4n) is 6.69. The molecule has 0 spiro atoms. The standard InChI is InChI=1S/C36H46N6O6S2/c1-5-7-15-41-33(45)29(31(43)37-35(41)49)28(30-32(44)38-36(50)42(34(30)46)16-8-6-2)23-13-14-26(47-3)24(21-23)22-39-17-19-40(20-18-39)25-11-9-10-12-27(25)48-4/h9-14,21,28,45-46H,5-8,15-20,22H2,1-4H3,(H,37,43,49)(H,38,44,50). The van der Waals surface area contributed by atoms with E-state index in [0.29, 0.717) is 43.8 Å². The lowest BCUT2D eigenvalue weighted by Crippen LogP contribution is -3.13. The predicted molar refractivity (Wildman–Crippen MR) is 196 cm³/mol. The molecule has 5 rings (SSSR count). The molecule has 1 aliphatic heterocycles. The Labute approximate surface area is 301 Å². The monoisotopic (exact) mass is 722 g/mol. The van der Waals surface area contributed by atoms with Crippen LogP contribution in [0.3, 0.4) is 0 Å². The van der Waals surface area contributed by atoms with Gasteiger partial charge in [0.1, 0.15) is 18.0 Å². The van der Waals surface area contributed by atoms with Crippen molar-refractivity contribution in [2.24, 2.45) is 0 Å². The number of benzene rings is 2. The highest BCUT2D eigenvalue weighted by Gasteiger charge is 2.31. The maximum Gasteiger partial charge on any atom is 0.259 e. The molecule has 1 fully saturated rings. The van der Waals surface area contributed by atoms with Crippen molar-refractivity contribution in [2.75, 3.05) is 45.3 Å². The molecule has 14 heteroatoms. The number of rotatable bonds is 14. The first kappa shape index (κ1) is 36.9. The van der Waals surface area contributed by atoms with Crippen LogP contribution < -0.4 is 35.5 Å². The Balaban J connectivity index is 1.61. The molecule has 2 aromatic carbocycles.